The Hall–Kier alpha value is -1.84. The van der Waals surface area contributed by atoms with E-state index in [1.807, 2.05) is 30.0 Å². The van der Waals surface area contributed by atoms with Gasteiger partial charge in [-0.05, 0) is 66.9 Å². The summed E-state index contributed by atoms with van der Waals surface area (Å²) in [4.78, 5) is 20.1. The molecule has 4 rings (SSSR count). The molecule has 3 heterocycles. The molecule has 182 valence electrons. The molecule has 0 radical (unpaired) electrons. The Morgan fingerprint density at radius 2 is 2.29 bits per heavy atom. The summed E-state index contributed by atoms with van der Waals surface area (Å²) in [6, 6.07) is 7.49. The van der Waals surface area contributed by atoms with Crippen molar-refractivity contribution in [2.75, 3.05) is 32.5 Å². The van der Waals surface area contributed by atoms with Crippen LogP contribution >= 0.6 is 34.7 Å². The van der Waals surface area contributed by atoms with Gasteiger partial charge in [0.2, 0.25) is 0 Å². The van der Waals surface area contributed by atoms with Crippen LogP contribution in [0.2, 0.25) is 5.02 Å². The maximum absolute atomic E-state index is 12.1. The number of methoxy groups -OCH3 is 1. The summed E-state index contributed by atoms with van der Waals surface area (Å²) in [6.45, 7) is 2.41. The molecule has 0 saturated carbocycles. The second-order valence-electron chi connectivity index (χ2n) is 8.69. The topological polar surface area (TPSA) is 88.7 Å². The van der Waals surface area contributed by atoms with E-state index < -0.39 is 5.97 Å². The molecular formula is C25H30ClN3O3S2. The summed E-state index contributed by atoms with van der Waals surface area (Å²) < 4.78 is 5.37. The van der Waals surface area contributed by atoms with Crippen LogP contribution in [0.5, 0.6) is 5.75 Å². The lowest BCUT2D eigenvalue weighted by atomic mass is 9.81. The van der Waals surface area contributed by atoms with Gasteiger partial charge < -0.3 is 20.5 Å². The molecule has 9 heteroatoms. The second-order valence-corrected chi connectivity index (χ2v) is 11.0. The summed E-state index contributed by atoms with van der Waals surface area (Å²) in [5.41, 5.74) is 8.28. The first-order valence-corrected chi connectivity index (χ1v) is 13.7. The number of aromatic nitrogens is 1. The highest BCUT2D eigenvalue weighted by Crippen LogP contribution is 2.36. The highest BCUT2D eigenvalue weighted by Gasteiger charge is 2.34. The average Bonchev–Trinajstić information content (AvgIpc) is 3.36. The Morgan fingerprint density at radius 1 is 1.44 bits per heavy atom. The molecule has 0 amide bonds. The first kappa shape index (κ1) is 25.3. The smallest absolute Gasteiger partial charge is 0.308 e. The zero-order valence-electron chi connectivity index (χ0n) is 19.2. The van der Waals surface area contributed by atoms with Crippen molar-refractivity contribution in [2.24, 2.45) is 17.6 Å². The van der Waals surface area contributed by atoms with E-state index in [0.717, 1.165) is 53.9 Å². The van der Waals surface area contributed by atoms with Gasteiger partial charge in [-0.15, -0.1) is 11.8 Å². The standard InChI is InChI=1S/C25H30ClN3O3S2/c1-32-17-3-5-23-19(12-17)24(21(26)13-28-23)22(27)4-2-16-6-8-29(14-20(16)25(30)31)9-11-34-18-7-10-33-15-18/h3,5,7,10,12-13,15-16,20,22H,2,4,6,8-9,11,14,27H2,1H3,(H,30,31)/t16-,20+,22-/m0/s1. The quantitative estimate of drug-likeness (QED) is 0.339. The third-order valence-electron chi connectivity index (χ3n) is 6.62. The molecule has 6 nitrogen and oxygen atoms in total. The lowest BCUT2D eigenvalue weighted by Gasteiger charge is -2.37. The number of halogens is 1. The number of aliphatic carboxylic acids is 1. The number of hydrogen-bond acceptors (Lipinski definition) is 7. The van der Waals surface area contributed by atoms with Crippen LogP contribution in [0.3, 0.4) is 0 Å². The number of benzene rings is 1. The summed E-state index contributed by atoms with van der Waals surface area (Å²) in [6.07, 6.45) is 3.92. The molecule has 0 spiro atoms. The van der Waals surface area contributed by atoms with Crippen LogP contribution in [0.15, 0.2) is 46.1 Å². The van der Waals surface area contributed by atoms with Crippen LogP contribution in [0.25, 0.3) is 10.9 Å². The lowest BCUT2D eigenvalue weighted by Crippen LogP contribution is -2.44. The molecule has 1 aliphatic rings. The SMILES string of the molecule is COc1ccc2ncc(Cl)c([C@@H](N)CC[C@H]3CCN(CCSc4ccsc4)C[C@H]3C(=O)O)c2c1. The maximum Gasteiger partial charge on any atom is 0.308 e. The molecule has 0 unspecified atom stereocenters. The van der Waals surface area contributed by atoms with E-state index >= 15 is 0 Å². The van der Waals surface area contributed by atoms with Crippen molar-refractivity contribution in [2.45, 2.75) is 30.2 Å². The molecule has 3 aromatic rings. The zero-order chi connectivity index (χ0) is 24.1. The number of thioether (sulfide) groups is 1. The van der Waals surface area contributed by atoms with Gasteiger partial charge in [-0.3, -0.25) is 9.78 Å². The van der Waals surface area contributed by atoms with E-state index in [0.29, 0.717) is 18.0 Å². The van der Waals surface area contributed by atoms with Crippen LogP contribution < -0.4 is 10.5 Å². The predicted octanol–water partition coefficient (Wildman–Crippen LogP) is 5.55. The summed E-state index contributed by atoms with van der Waals surface area (Å²) in [7, 11) is 1.62. The van der Waals surface area contributed by atoms with E-state index in [1.165, 1.54) is 4.90 Å². The van der Waals surface area contributed by atoms with Gasteiger partial charge in [0.1, 0.15) is 5.75 Å². The van der Waals surface area contributed by atoms with Gasteiger partial charge >= 0.3 is 5.97 Å². The number of ether oxygens (including phenoxy) is 1. The molecule has 34 heavy (non-hydrogen) atoms. The number of carbonyl (C=O) groups is 1. The normalized spacial score (nSPS) is 19.9. The third kappa shape index (κ3) is 6.04. The number of rotatable bonds is 10. The van der Waals surface area contributed by atoms with Gasteiger partial charge in [0.05, 0.1) is 23.6 Å². The molecule has 1 saturated heterocycles. The maximum atomic E-state index is 12.1. The molecular weight excluding hydrogens is 490 g/mol. The highest BCUT2D eigenvalue weighted by atomic mass is 35.5. The van der Waals surface area contributed by atoms with E-state index in [1.54, 1.807) is 24.6 Å². The van der Waals surface area contributed by atoms with Gasteiger partial charge in [0.15, 0.2) is 0 Å². The summed E-state index contributed by atoms with van der Waals surface area (Å²) in [5.74, 6) is 0.698. The van der Waals surface area contributed by atoms with Gasteiger partial charge in [-0.2, -0.15) is 11.3 Å². The van der Waals surface area contributed by atoms with Crippen LogP contribution in [-0.4, -0.2) is 53.5 Å². The summed E-state index contributed by atoms with van der Waals surface area (Å²) >= 11 is 10.0. The third-order valence-corrected chi connectivity index (χ3v) is 8.72. The summed E-state index contributed by atoms with van der Waals surface area (Å²) in [5, 5.41) is 15.6. The average molecular weight is 520 g/mol. The van der Waals surface area contributed by atoms with Gasteiger partial charge in [-0.1, -0.05) is 11.6 Å². The van der Waals surface area contributed by atoms with Crippen molar-refractivity contribution >= 4 is 51.6 Å². The molecule has 2 aromatic heterocycles. The number of carboxylic acid groups (broad SMARTS) is 1. The first-order valence-electron chi connectivity index (χ1n) is 11.4. The highest BCUT2D eigenvalue weighted by molar-refractivity contribution is 7.99. The first-order chi connectivity index (χ1) is 16.5. The van der Waals surface area contributed by atoms with Crippen LogP contribution in [-0.2, 0) is 4.79 Å². The fourth-order valence-corrected chi connectivity index (χ4v) is 6.81. The molecule has 1 aromatic carbocycles. The molecule has 3 N–H and O–H groups in total. The van der Waals surface area contributed by atoms with E-state index in [2.05, 4.69) is 26.7 Å². The van der Waals surface area contributed by atoms with Crippen LogP contribution in [0, 0.1) is 11.8 Å². The predicted molar refractivity (Wildman–Crippen MR) is 140 cm³/mol. The number of nitrogens with zero attached hydrogens (tertiary/aromatic N) is 2. The van der Waals surface area contributed by atoms with Crippen molar-refractivity contribution < 1.29 is 14.6 Å². The number of fused-ring (bicyclic) bond motifs is 1. The fourth-order valence-electron chi connectivity index (χ4n) is 4.73. The molecule has 1 fully saturated rings. The largest absolute Gasteiger partial charge is 0.497 e. The molecule has 1 aliphatic heterocycles. The zero-order valence-corrected chi connectivity index (χ0v) is 21.5. The van der Waals surface area contributed by atoms with Crippen LogP contribution in [0.4, 0.5) is 0 Å². The lowest BCUT2D eigenvalue weighted by molar-refractivity contribution is -0.146. The van der Waals surface area contributed by atoms with Crippen molar-refractivity contribution in [3.63, 3.8) is 0 Å². The monoisotopic (exact) mass is 519 g/mol. The van der Waals surface area contributed by atoms with Crippen molar-refractivity contribution in [1.82, 2.24) is 9.88 Å². The van der Waals surface area contributed by atoms with Gasteiger partial charge in [0, 0.05) is 46.7 Å². The van der Waals surface area contributed by atoms with E-state index in [9.17, 15) is 9.90 Å². The van der Waals surface area contributed by atoms with Crippen molar-refractivity contribution in [1.29, 1.82) is 0 Å². The van der Waals surface area contributed by atoms with Gasteiger partial charge in [0.25, 0.3) is 0 Å². The minimum absolute atomic E-state index is 0.103. The van der Waals surface area contributed by atoms with Crippen molar-refractivity contribution in [3.05, 3.63) is 51.8 Å². The number of thiophene rings is 1. The second kappa shape index (κ2) is 11.7. The number of nitrogens with two attached hydrogens (primary N) is 1. The molecule has 3 atom stereocenters. The van der Waals surface area contributed by atoms with Crippen LogP contribution in [0.1, 0.15) is 30.9 Å². The minimum atomic E-state index is -0.717. The molecule has 0 bridgehead atoms. The Bertz CT molecular complexity index is 1110. The number of piperidine rings is 1. The number of likely N-dealkylation sites (tertiary alicyclic amines) is 1. The number of pyridine rings is 1. The Balaban J connectivity index is 1.38. The fraction of sp³-hybridized carbons (Fsp3) is 0.440. The Kier molecular flexibility index (Phi) is 8.71. The minimum Gasteiger partial charge on any atom is -0.497 e. The van der Waals surface area contributed by atoms with Gasteiger partial charge in [-0.25, -0.2) is 0 Å². The van der Waals surface area contributed by atoms with Crippen molar-refractivity contribution in [3.8, 4) is 5.75 Å². The number of carboxylic acids is 1. The van der Waals surface area contributed by atoms with E-state index in [-0.39, 0.29) is 17.9 Å². The number of hydrogen-bond donors (Lipinski definition) is 2. The molecule has 0 aliphatic carbocycles. The van der Waals surface area contributed by atoms with E-state index in [4.69, 9.17) is 22.1 Å². The Morgan fingerprint density at radius 3 is 3.03 bits per heavy atom. The Labute approximate surface area is 213 Å².